The minimum Gasteiger partial charge on any atom is -0.367 e. The van der Waals surface area contributed by atoms with E-state index in [1.165, 1.54) is 0 Å². The molecule has 0 N–H and O–H groups in total. The molecule has 5 heteroatoms. The van der Waals surface area contributed by atoms with Crippen LogP contribution in [0.1, 0.15) is 19.4 Å². The molecule has 22 heavy (non-hydrogen) atoms. The Morgan fingerprint density at radius 1 is 1.23 bits per heavy atom. The van der Waals surface area contributed by atoms with Gasteiger partial charge in [0.05, 0.1) is 16.8 Å². The molecule has 114 valence electrons. The van der Waals surface area contributed by atoms with E-state index in [4.69, 9.17) is 11.6 Å². The average molecular weight is 315 g/mol. The molecular weight excluding hydrogens is 296 g/mol. The van der Waals surface area contributed by atoms with Crippen molar-refractivity contribution in [1.82, 2.24) is 9.88 Å². The second kappa shape index (κ2) is 6.12. The van der Waals surface area contributed by atoms with Gasteiger partial charge in [-0.3, -0.25) is 9.88 Å². The smallest absolute Gasteiger partial charge is 0.103 e. The van der Waals surface area contributed by atoms with Crippen molar-refractivity contribution in [2.45, 2.75) is 19.9 Å². The Labute approximate surface area is 135 Å². The highest BCUT2D eigenvalue weighted by Gasteiger charge is 2.22. The van der Waals surface area contributed by atoms with Crippen LogP contribution < -0.4 is 4.90 Å². The fraction of sp³-hybridized carbons (Fsp3) is 0.412. The van der Waals surface area contributed by atoms with Crippen molar-refractivity contribution in [1.29, 1.82) is 5.26 Å². The number of piperazine rings is 1. The van der Waals surface area contributed by atoms with E-state index in [9.17, 15) is 5.26 Å². The van der Waals surface area contributed by atoms with Crippen LogP contribution in [0.15, 0.2) is 24.4 Å². The summed E-state index contributed by atoms with van der Waals surface area (Å²) in [5.74, 6) is 0. The lowest BCUT2D eigenvalue weighted by molar-refractivity contribution is 0.209. The molecule has 1 aromatic carbocycles. The minimum atomic E-state index is 0.557. The number of halogens is 1. The molecule has 0 radical (unpaired) electrons. The van der Waals surface area contributed by atoms with Gasteiger partial charge in [0, 0.05) is 48.8 Å². The van der Waals surface area contributed by atoms with E-state index in [1.54, 1.807) is 6.20 Å². The Hall–Kier alpha value is -1.83. The Morgan fingerprint density at radius 2 is 1.95 bits per heavy atom. The van der Waals surface area contributed by atoms with Gasteiger partial charge in [-0.25, -0.2) is 0 Å². The van der Waals surface area contributed by atoms with Gasteiger partial charge in [-0.15, -0.1) is 0 Å². The second-order valence-electron chi connectivity index (χ2n) is 5.91. The lowest BCUT2D eigenvalue weighted by atomic mass is 10.1. The Balaban J connectivity index is 2.02. The third kappa shape index (κ3) is 2.75. The SMILES string of the molecule is CC(C)N1CCN(c2c(C#N)cnc3ccc(Cl)cc23)CC1. The summed E-state index contributed by atoms with van der Waals surface area (Å²) in [5.41, 5.74) is 2.47. The maximum absolute atomic E-state index is 9.46. The molecule has 0 saturated carbocycles. The average Bonchev–Trinajstić information content (AvgIpc) is 2.53. The molecule has 0 atom stereocenters. The number of aromatic nitrogens is 1. The largest absolute Gasteiger partial charge is 0.367 e. The number of pyridine rings is 1. The number of nitrogens with zero attached hydrogens (tertiary/aromatic N) is 4. The normalized spacial score (nSPS) is 16.2. The fourth-order valence-corrected chi connectivity index (χ4v) is 3.21. The first-order valence-electron chi connectivity index (χ1n) is 7.57. The van der Waals surface area contributed by atoms with Gasteiger partial charge in [-0.1, -0.05) is 11.6 Å². The van der Waals surface area contributed by atoms with Gasteiger partial charge in [0.25, 0.3) is 0 Å². The summed E-state index contributed by atoms with van der Waals surface area (Å²) in [6, 6.07) is 8.49. The van der Waals surface area contributed by atoms with Crippen LogP contribution in [-0.4, -0.2) is 42.1 Å². The highest BCUT2D eigenvalue weighted by Crippen LogP contribution is 2.32. The van der Waals surface area contributed by atoms with Crippen LogP contribution in [0.5, 0.6) is 0 Å². The first-order chi connectivity index (χ1) is 10.6. The second-order valence-corrected chi connectivity index (χ2v) is 6.35. The van der Waals surface area contributed by atoms with E-state index in [0.29, 0.717) is 16.6 Å². The van der Waals surface area contributed by atoms with E-state index in [0.717, 1.165) is 42.8 Å². The summed E-state index contributed by atoms with van der Waals surface area (Å²) >= 11 is 6.15. The lowest BCUT2D eigenvalue weighted by Gasteiger charge is -2.38. The number of benzene rings is 1. The molecular formula is C17H19ClN4. The van der Waals surface area contributed by atoms with Crippen molar-refractivity contribution >= 4 is 28.2 Å². The lowest BCUT2D eigenvalue weighted by Crippen LogP contribution is -2.49. The van der Waals surface area contributed by atoms with Crippen LogP contribution in [0.2, 0.25) is 5.02 Å². The van der Waals surface area contributed by atoms with Gasteiger partial charge >= 0.3 is 0 Å². The molecule has 1 aromatic heterocycles. The molecule has 3 rings (SSSR count). The monoisotopic (exact) mass is 314 g/mol. The summed E-state index contributed by atoms with van der Waals surface area (Å²) in [7, 11) is 0. The van der Waals surface area contributed by atoms with Crippen LogP contribution in [0.25, 0.3) is 10.9 Å². The zero-order valence-corrected chi connectivity index (χ0v) is 13.6. The molecule has 0 unspecified atom stereocenters. The predicted octanol–water partition coefficient (Wildman–Crippen LogP) is 3.29. The van der Waals surface area contributed by atoms with E-state index in [2.05, 4.69) is 34.7 Å². The van der Waals surface area contributed by atoms with Crippen LogP contribution >= 0.6 is 11.6 Å². The molecule has 1 saturated heterocycles. The standard InChI is InChI=1S/C17H19ClN4/c1-12(2)21-5-7-22(8-6-21)17-13(10-19)11-20-16-4-3-14(18)9-15(16)17/h3-4,9,11-12H,5-8H2,1-2H3. The highest BCUT2D eigenvalue weighted by molar-refractivity contribution is 6.31. The fourth-order valence-electron chi connectivity index (χ4n) is 3.04. The first-order valence-corrected chi connectivity index (χ1v) is 7.95. The van der Waals surface area contributed by atoms with Crippen LogP contribution in [-0.2, 0) is 0 Å². The molecule has 1 fully saturated rings. The van der Waals surface area contributed by atoms with Gasteiger partial charge < -0.3 is 4.90 Å². The van der Waals surface area contributed by atoms with E-state index >= 15 is 0 Å². The Bertz CT molecular complexity index is 727. The molecule has 2 heterocycles. The van der Waals surface area contributed by atoms with Crippen LogP contribution in [0, 0.1) is 11.3 Å². The van der Waals surface area contributed by atoms with Crippen LogP contribution in [0.3, 0.4) is 0 Å². The first kappa shape index (κ1) is 15.1. The number of anilines is 1. The zero-order valence-electron chi connectivity index (χ0n) is 12.9. The maximum atomic E-state index is 9.46. The summed E-state index contributed by atoms with van der Waals surface area (Å²) in [6.07, 6.45) is 1.67. The Morgan fingerprint density at radius 3 is 2.59 bits per heavy atom. The molecule has 0 aliphatic carbocycles. The van der Waals surface area contributed by atoms with Crippen molar-refractivity contribution in [3.05, 3.63) is 35.0 Å². The number of hydrogen-bond donors (Lipinski definition) is 0. The number of rotatable bonds is 2. The van der Waals surface area contributed by atoms with Gasteiger partial charge in [0.15, 0.2) is 0 Å². The van der Waals surface area contributed by atoms with Crippen molar-refractivity contribution in [3.63, 3.8) is 0 Å². The van der Waals surface area contributed by atoms with Gasteiger partial charge in [-0.05, 0) is 32.0 Å². The summed E-state index contributed by atoms with van der Waals surface area (Å²) in [6.45, 7) is 8.28. The number of fused-ring (bicyclic) bond motifs is 1. The molecule has 0 spiro atoms. The summed E-state index contributed by atoms with van der Waals surface area (Å²) in [5, 5.41) is 11.1. The molecule has 1 aliphatic heterocycles. The zero-order chi connectivity index (χ0) is 15.7. The summed E-state index contributed by atoms with van der Waals surface area (Å²) < 4.78 is 0. The van der Waals surface area contributed by atoms with Crippen molar-refractivity contribution in [2.24, 2.45) is 0 Å². The highest BCUT2D eigenvalue weighted by atomic mass is 35.5. The molecule has 4 nitrogen and oxygen atoms in total. The Kier molecular flexibility index (Phi) is 4.19. The molecule has 2 aromatic rings. The minimum absolute atomic E-state index is 0.557. The third-order valence-electron chi connectivity index (χ3n) is 4.28. The quantitative estimate of drug-likeness (QED) is 0.853. The van der Waals surface area contributed by atoms with Gasteiger partial charge in [0.1, 0.15) is 6.07 Å². The number of hydrogen-bond acceptors (Lipinski definition) is 4. The molecule has 0 amide bonds. The van der Waals surface area contributed by atoms with Gasteiger partial charge in [-0.2, -0.15) is 5.26 Å². The number of nitriles is 1. The maximum Gasteiger partial charge on any atom is 0.103 e. The third-order valence-corrected chi connectivity index (χ3v) is 4.52. The van der Waals surface area contributed by atoms with Gasteiger partial charge in [0.2, 0.25) is 0 Å². The molecule has 1 aliphatic rings. The molecule has 0 bridgehead atoms. The van der Waals surface area contributed by atoms with E-state index in [1.807, 2.05) is 18.2 Å². The summed E-state index contributed by atoms with van der Waals surface area (Å²) in [4.78, 5) is 9.12. The topological polar surface area (TPSA) is 43.2 Å². The van der Waals surface area contributed by atoms with Crippen molar-refractivity contribution < 1.29 is 0 Å². The van der Waals surface area contributed by atoms with Crippen molar-refractivity contribution in [3.8, 4) is 6.07 Å². The van der Waals surface area contributed by atoms with Crippen molar-refractivity contribution in [2.75, 3.05) is 31.1 Å². The van der Waals surface area contributed by atoms with E-state index in [-0.39, 0.29) is 0 Å². The van der Waals surface area contributed by atoms with E-state index < -0.39 is 0 Å². The predicted molar refractivity (Wildman–Crippen MR) is 90.4 cm³/mol. The van der Waals surface area contributed by atoms with Crippen LogP contribution in [0.4, 0.5) is 5.69 Å².